The summed E-state index contributed by atoms with van der Waals surface area (Å²) in [6.07, 6.45) is 11.7. The Kier molecular flexibility index (Phi) is 8.95. The van der Waals surface area contributed by atoms with Crippen molar-refractivity contribution < 1.29 is 9.59 Å². The average molecular weight is 338 g/mol. The highest BCUT2D eigenvalue weighted by molar-refractivity contribution is 5.75. The fraction of sp³-hybridized carbons (Fsp3) is 0.889. The van der Waals surface area contributed by atoms with Crippen LogP contribution in [0.4, 0.5) is 4.79 Å². The highest BCUT2D eigenvalue weighted by Gasteiger charge is 2.15. The first-order valence-electron chi connectivity index (χ1n) is 9.78. The molecule has 1 aliphatic heterocycles. The van der Waals surface area contributed by atoms with E-state index in [0.717, 1.165) is 51.6 Å². The lowest BCUT2D eigenvalue weighted by Gasteiger charge is -2.22. The van der Waals surface area contributed by atoms with Gasteiger partial charge in [-0.05, 0) is 45.1 Å². The van der Waals surface area contributed by atoms with Crippen LogP contribution in [0.25, 0.3) is 0 Å². The van der Waals surface area contributed by atoms with Crippen LogP contribution in [-0.4, -0.2) is 43.7 Å². The Bertz CT molecular complexity index is 377. The van der Waals surface area contributed by atoms with Gasteiger partial charge in [0.25, 0.3) is 0 Å². The first kappa shape index (κ1) is 19.0. The van der Waals surface area contributed by atoms with Crippen LogP contribution in [0, 0.1) is 0 Å². The van der Waals surface area contributed by atoms with Crippen LogP contribution in [0.15, 0.2) is 0 Å². The molecular weight excluding hydrogens is 304 g/mol. The third-order valence-corrected chi connectivity index (χ3v) is 5.01. The van der Waals surface area contributed by atoms with Gasteiger partial charge in [0.05, 0.1) is 0 Å². The third kappa shape index (κ3) is 7.99. The molecule has 0 spiro atoms. The molecule has 0 aromatic rings. The van der Waals surface area contributed by atoms with Crippen molar-refractivity contribution in [2.24, 2.45) is 0 Å². The van der Waals surface area contributed by atoms with Crippen molar-refractivity contribution in [3.8, 4) is 0 Å². The van der Waals surface area contributed by atoms with E-state index in [4.69, 9.17) is 0 Å². The van der Waals surface area contributed by atoms with Gasteiger partial charge in [-0.15, -0.1) is 0 Å². The van der Waals surface area contributed by atoms with Crippen LogP contribution in [0.1, 0.15) is 70.6 Å². The molecule has 3 amide bonds. The topological polar surface area (TPSA) is 82.3 Å². The Balaban J connectivity index is 1.39. The van der Waals surface area contributed by atoms with E-state index in [1.54, 1.807) is 0 Å². The molecule has 0 aromatic heterocycles. The average Bonchev–Trinajstić information content (AvgIpc) is 3.10. The second kappa shape index (κ2) is 11.3. The maximum Gasteiger partial charge on any atom is 0.315 e. The van der Waals surface area contributed by atoms with Crippen molar-refractivity contribution in [2.45, 2.75) is 82.7 Å². The lowest BCUT2D eigenvalue weighted by molar-refractivity contribution is -0.121. The minimum atomic E-state index is -0.0382. The normalized spacial score (nSPS) is 21.4. The van der Waals surface area contributed by atoms with Gasteiger partial charge in [-0.3, -0.25) is 4.79 Å². The molecule has 138 valence electrons. The van der Waals surface area contributed by atoms with Gasteiger partial charge in [0, 0.05) is 31.6 Å². The van der Waals surface area contributed by atoms with Crippen molar-refractivity contribution in [3.05, 3.63) is 0 Å². The molecule has 24 heavy (non-hydrogen) atoms. The molecule has 1 aliphatic carbocycles. The Morgan fingerprint density at radius 2 is 1.75 bits per heavy atom. The molecular formula is C18H34N4O2. The number of carbonyl (C=O) groups is 2. The largest absolute Gasteiger partial charge is 0.355 e. The third-order valence-electron chi connectivity index (χ3n) is 5.01. The smallest absolute Gasteiger partial charge is 0.315 e. The summed E-state index contributed by atoms with van der Waals surface area (Å²) in [5, 5.41) is 12.3. The molecule has 0 radical (unpaired) electrons. The summed E-state index contributed by atoms with van der Waals surface area (Å²) < 4.78 is 0. The van der Waals surface area contributed by atoms with Crippen molar-refractivity contribution in [1.82, 2.24) is 21.3 Å². The van der Waals surface area contributed by atoms with Crippen LogP contribution in [0.3, 0.4) is 0 Å². The van der Waals surface area contributed by atoms with Gasteiger partial charge in [0.2, 0.25) is 5.91 Å². The predicted molar refractivity (Wildman–Crippen MR) is 95.9 cm³/mol. The molecule has 0 aromatic carbocycles. The molecule has 1 heterocycles. The first-order valence-corrected chi connectivity index (χ1v) is 9.78. The van der Waals surface area contributed by atoms with Gasteiger partial charge >= 0.3 is 6.03 Å². The summed E-state index contributed by atoms with van der Waals surface area (Å²) in [4.78, 5) is 23.5. The number of rotatable bonds is 9. The second-order valence-electron chi connectivity index (χ2n) is 7.14. The number of nitrogens with one attached hydrogen (secondary N) is 4. The quantitative estimate of drug-likeness (QED) is 0.486. The number of hydrogen-bond acceptors (Lipinski definition) is 3. The van der Waals surface area contributed by atoms with Gasteiger partial charge in [0.15, 0.2) is 0 Å². The van der Waals surface area contributed by atoms with E-state index in [1.807, 2.05) is 0 Å². The summed E-state index contributed by atoms with van der Waals surface area (Å²) in [7, 11) is 0. The molecule has 4 N–H and O–H groups in total. The highest BCUT2D eigenvalue weighted by atomic mass is 16.2. The van der Waals surface area contributed by atoms with E-state index in [0.29, 0.717) is 25.0 Å². The minimum Gasteiger partial charge on any atom is -0.355 e. The fourth-order valence-corrected chi connectivity index (χ4v) is 3.53. The Hall–Kier alpha value is -1.30. The monoisotopic (exact) mass is 338 g/mol. The van der Waals surface area contributed by atoms with Crippen LogP contribution in [-0.2, 0) is 4.79 Å². The van der Waals surface area contributed by atoms with E-state index in [2.05, 4.69) is 21.3 Å². The highest BCUT2D eigenvalue weighted by Crippen LogP contribution is 2.17. The van der Waals surface area contributed by atoms with Crippen molar-refractivity contribution in [2.75, 3.05) is 19.6 Å². The molecule has 2 rings (SSSR count). The fourth-order valence-electron chi connectivity index (χ4n) is 3.53. The van der Waals surface area contributed by atoms with Crippen LogP contribution >= 0.6 is 0 Å². The van der Waals surface area contributed by atoms with Gasteiger partial charge < -0.3 is 21.3 Å². The first-order chi connectivity index (χ1) is 11.7. The Morgan fingerprint density at radius 3 is 2.50 bits per heavy atom. The van der Waals surface area contributed by atoms with Gasteiger partial charge in [-0.25, -0.2) is 4.79 Å². The van der Waals surface area contributed by atoms with E-state index in [-0.39, 0.29) is 11.9 Å². The molecule has 6 nitrogen and oxygen atoms in total. The zero-order valence-corrected chi connectivity index (χ0v) is 14.9. The Morgan fingerprint density at radius 1 is 0.917 bits per heavy atom. The number of hydrogen-bond donors (Lipinski definition) is 4. The molecule has 2 fully saturated rings. The van der Waals surface area contributed by atoms with E-state index < -0.39 is 0 Å². The van der Waals surface area contributed by atoms with Gasteiger partial charge in [-0.1, -0.05) is 25.7 Å². The molecule has 2 aliphatic rings. The van der Waals surface area contributed by atoms with E-state index in [9.17, 15) is 9.59 Å². The number of amides is 3. The number of urea groups is 1. The predicted octanol–water partition coefficient (Wildman–Crippen LogP) is 2.05. The summed E-state index contributed by atoms with van der Waals surface area (Å²) in [5.74, 6) is 0.145. The molecule has 6 heteroatoms. The van der Waals surface area contributed by atoms with Crippen molar-refractivity contribution in [1.29, 1.82) is 0 Å². The van der Waals surface area contributed by atoms with Gasteiger partial charge in [-0.2, -0.15) is 0 Å². The van der Waals surface area contributed by atoms with E-state index >= 15 is 0 Å². The standard InChI is InChI=1S/C18H34N4O2/c23-17(21-14-16-10-7-13-19-16)11-5-2-6-12-20-18(24)22-15-8-3-1-4-9-15/h15-16,19H,1-14H2,(H,21,23)(H2,20,22,24). The maximum absolute atomic E-state index is 11.8. The minimum absolute atomic E-state index is 0.0382. The van der Waals surface area contributed by atoms with Crippen LogP contribution in [0.2, 0.25) is 0 Å². The Labute approximate surface area is 145 Å². The van der Waals surface area contributed by atoms with Crippen LogP contribution < -0.4 is 21.3 Å². The van der Waals surface area contributed by atoms with Gasteiger partial charge in [0.1, 0.15) is 0 Å². The van der Waals surface area contributed by atoms with Crippen molar-refractivity contribution in [3.63, 3.8) is 0 Å². The summed E-state index contributed by atoms with van der Waals surface area (Å²) in [6.45, 7) is 2.51. The second-order valence-corrected chi connectivity index (χ2v) is 7.14. The zero-order valence-electron chi connectivity index (χ0n) is 14.9. The van der Waals surface area contributed by atoms with Crippen molar-refractivity contribution >= 4 is 11.9 Å². The number of unbranched alkanes of at least 4 members (excludes halogenated alkanes) is 2. The summed E-state index contributed by atoms with van der Waals surface area (Å²) >= 11 is 0. The summed E-state index contributed by atoms with van der Waals surface area (Å²) in [5.41, 5.74) is 0. The SMILES string of the molecule is O=C(CCCCCNC(=O)NC1CCCCC1)NCC1CCCN1. The lowest BCUT2D eigenvalue weighted by Crippen LogP contribution is -2.43. The molecule has 0 bridgehead atoms. The molecule has 1 unspecified atom stereocenters. The summed E-state index contributed by atoms with van der Waals surface area (Å²) in [6, 6.07) is 0.779. The zero-order chi connectivity index (χ0) is 17.0. The molecule has 1 saturated carbocycles. The molecule has 1 saturated heterocycles. The van der Waals surface area contributed by atoms with Crippen LogP contribution in [0.5, 0.6) is 0 Å². The number of carbonyl (C=O) groups excluding carboxylic acids is 2. The van der Waals surface area contributed by atoms with E-state index in [1.165, 1.54) is 25.7 Å². The molecule has 1 atom stereocenters. The lowest BCUT2D eigenvalue weighted by atomic mass is 9.96. The maximum atomic E-state index is 11.8.